The van der Waals surface area contributed by atoms with Crippen LogP contribution in [0, 0.1) is 3.57 Å². The van der Waals surface area contributed by atoms with E-state index in [0.717, 1.165) is 22.4 Å². The number of benzene rings is 3. The third-order valence-electron chi connectivity index (χ3n) is 4.60. The maximum atomic E-state index is 4.44. The Morgan fingerprint density at radius 3 is 2.35 bits per heavy atom. The maximum Gasteiger partial charge on any atom is 0.168 e. The molecule has 0 unspecified atom stereocenters. The lowest BCUT2D eigenvalue weighted by atomic mass is 10.0. The molecule has 0 saturated heterocycles. The van der Waals surface area contributed by atoms with Gasteiger partial charge in [0.05, 0.1) is 0 Å². The average molecular weight is 447 g/mol. The molecule has 4 heteroatoms. The highest BCUT2D eigenvalue weighted by molar-refractivity contribution is 14.1. The molecule has 0 aliphatic heterocycles. The minimum atomic E-state index is 0.861. The molecule has 0 atom stereocenters. The number of rotatable bonds is 2. The Morgan fingerprint density at radius 1 is 0.692 bits per heavy atom. The van der Waals surface area contributed by atoms with Gasteiger partial charge in [-0.05, 0) is 57.3 Å². The number of fused-ring (bicyclic) bond motifs is 3. The van der Waals surface area contributed by atoms with Crippen molar-refractivity contribution in [3.8, 4) is 22.5 Å². The van der Waals surface area contributed by atoms with Crippen LogP contribution in [-0.4, -0.2) is 14.6 Å². The van der Waals surface area contributed by atoms with Crippen LogP contribution in [-0.2, 0) is 0 Å². The van der Waals surface area contributed by atoms with E-state index in [-0.39, 0.29) is 0 Å². The minimum absolute atomic E-state index is 0.861. The van der Waals surface area contributed by atoms with Crippen molar-refractivity contribution in [3.05, 3.63) is 88.6 Å². The van der Waals surface area contributed by atoms with Gasteiger partial charge in [-0.25, -0.2) is 0 Å². The molecule has 0 bridgehead atoms. The topological polar surface area (TPSA) is 30.2 Å². The smallest absolute Gasteiger partial charge is 0.168 e. The molecule has 124 valence electrons. The molecule has 5 aromatic rings. The summed E-state index contributed by atoms with van der Waals surface area (Å²) in [7, 11) is 0. The number of hydrogen-bond acceptors (Lipinski definition) is 2. The van der Waals surface area contributed by atoms with Crippen molar-refractivity contribution in [1.29, 1.82) is 0 Å². The van der Waals surface area contributed by atoms with Crippen molar-refractivity contribution in [1.82, 2.24) is 14.6 Å². The molecule has 0 amide bonds. The normalized spacial score (nSPS) is 11.3. The number of halogens is 1. The maximum absolute atomic E-state index is 4.44. The predicted octanol–water partition coefficient (Wildman–Crippen LogP) is 5.82. The van der Waals surface area contributed by atoms with Gasteiger partial charge in [-0.1, -0.05) is 60.7 Å². The van der Waals surface area contributed by atoms with Gasteiger partial charge in [-0.2, -0.15) is 0 Å². The Balaban J connectivity index is 1.61. The summed E-state index contributed by atoms with van der Waals surface area (Å²) in [6, 6.07) is 27.4. The van der Waals surface area contributed by atoms with Crippen LogP contribution in [0.5, 0.6) is 0 Å². The molecule has 0 aliphatic carbocycles. The van der Waals surface area contributed by atoms with Gasteiger partial charge in [-0.3, -0.25) is 4.40 Å². The molecule has 2 heterocycles. The SMILES string of the molecule is Ic1cccc(-c2ccc(-c3nnc4c5ccccc5ccn34)cc2)c1. The van der Waals surface area contributed by atoms with E-state index in [1.54, 1.807) is 0 Å². The summed E-state index contributed by atoms with van der Waals surface area (Å²) in [5, 5.41) is 11.2. The highest BCUT2D eigenvalue weighted by atomic mass is 127. The van der Waals surface area contributed by atoms with Crippen LogP contribution in [0.15, 0.2) is 85.1 Å². The third kappa shape index (κ3) is 2.57. The first-order chi connectivity index (χ1) is 12.8. The summed E-state index contributed by atoms with van der Waals surface area (Å²) in [6.07, 6.45) is 2.04. The fourth-order valence-electron chi connectivity index (χ4n) is 3.29. The van der Waals surface area contributed by atoms with Crippen molar-refractivity contribution in [3.63, 3.8) is 0 Å². The highest BCUT2D eigenvalue weighted by Crippen LogP contribution is 2.27. The first kappa shape index (κ1) is 15.5. The lowest BCUT2D eigenvalue weighted by Crippen LogP contribution is -1.90. The fraction of sp³-hybridized carbons (Fsp3) is 0. The molecule has 0 aliphatic rings. The largest absolute Gasteiger partial charge is 0.282 e. The molecular formula is C22H14IN3. The van der Waals surface area contributed by atoms with Crippen LogP contribution >= 0.6 is 22.6 Å². The van der Waals surface area contributed by atoms with Crippen LogP contribution in [0.2, 0.25) is 0 Å². The Morgan fingerprint density at radius 2 is 1.50 bits per heavy atom. The molecular weight excluding hydrogens is 433 g/mol. The summed E-state index contributed by atoms with van der Waals surface area (Å²) in [5.41, 5.74) is 4.37. The van der Waals surface area contributed by atoms with Crippen molar-refractivity contribution in [2.75, 3.05) is 0 Å². The quantitative estimate of drug-likeness (QED) is 0.319. The van der Waals surface area contributed by atoms with E-state index in [4.69, 9.17) is 0 Å². The fourth-order valence-corrected chi connectivity index (χ4v) is 3.84. The number of hydrogen-bond donors (Lipinski definition) is 0. The second-order valence-electron chi connectivity index (χ2n) is 6.21. The van der Waals surface area contributed by atoms with Crippen molar-refractivity contribution in [2.24, 2.45) is 0 Å². The van der Waals surface area contributed by atoms with Crippen LogP contribution in [0.1, 0.15) is 0 Å². The molecule has 0 N–H and O–H groups in total. The number of aromatic nitrogens is 3. The zero-order chi connectivity index (χ0) is 17.5. The van der Waals surface area contributed by atoms with Crippen molar-refractivity contribution in [2.45, 2.75) is 0 Å². The van der Waals surface area contributed by atoms with Gasteiger partial charge in [0.1, 0.15) is 0 Å². The molecule has 26 heavy (non-hydrogen) atoms. The van der Waals surface area contributed by atoms with Crippen LogP contribution in [0.3, 0.4) is 0 Å². The van der Waals surface area contributed by atoms with E-state index in [1.165, 1.54) is 20.1 Å². The van der Waals surface area contributed by atoms with E-state index in [9.17, 15) is 0 Å². The second kappa shape index (κ2) is 6.21. The first-order valence-electron chi connectivity index (χ1n) is 8.38. The number of pyridine rings is 1. The van der Waals surface area contributed by atoms with E-state index < -0.39 is 0 Å². The van der Waals surface area contributed by atoms with Crippen LogP contribution < -0.4 is 0 Å². The molecule has 0 spiro atoms. The average Bonchev–Trinajstić information content (AvgIpc) is 3.13. The van der Waals surface area contributed by atoms with Gasteiger partial charge in [-0.15, -0.1) is 10.2 Å². The molecule has 0 saturated carbocycles. The third-order valence-corrected chi connectivity index (χ3v) is 5.27. The Hall–Kier alpha value is -2.73. The Bertz CT molecular complexity index is 1240. The van der Waals surface area contributed by atoms with Gasteiger partial charge in [0.25, 0.3) is 0 Å². The van der Waals surface area contributed by atoms with Gasteiger partial charge in [0, 0.05) is 20.7 Å². The van der Waals surface area contributed by atoms with E-state index in [0.29, 0.717) is 0 Å². The van der Waals surface area contributed by atoms with E-state index in [1.807, 2.05) is 18.3 Å². The van der Waals surface area contributed by atoms with Gasteiger partial charge >= 0.3 is 0 Å². The molecule has 3 aromatic carbocycles. The predicted molar refractivity (Wildman–Crippen MR) is 114 cm³/mol. The summed E-state index contributed by atoms with van der Waals surface area (Å²) in [5.74, 6) is 0.861. The standard InChI is InChI=1S/C22H14IN3/c23-19-6-3-5-18(14-19)15-8-10-17(11-9-15)21-24-25-22-20-7-2-1-4-16(20)12-13-26(21)22/h1-14H. The Kier molecular flexibility index (Phi) is 3.71. The molecule has 2 aromatic heterocycles. The molecule has 0 fully saturated rings. The molecule has 5 rings (SSSR count). The monoisotopic (exact) mass is 447 g/mol. The summed E-state index contributed by atoms with van der Waals surface area (Å²) in [6.45, 7) is 0. The van der Waals surface area contributed by atoms with Gasteiger partial charge in [0.2, 0.25) is 0 Å². The van der Waals surface area contributed by atoms with E-state index >= 15 is 0 Å². The summed E-state index contributed by atoms with van der Waals surface area (Å²) >= 11 is 2.34. The van der Waals surface area contributed by atoms with Crippen LogP contribution in [0.25, 0.3) is 38.9 Å². The number of nitrogens with zero attached hydrogens (tertiary/aromatic N) is 3. The highest BCUT2D eigenvalue weighted by Gasteiger charge is 2.10. The van der Waals surface area contributed by atoms with Crippen molar-refractivity contribution < 1.29 is 0 Å². The zero-order valence-corrected chi connectivity index (χ0v) is 16.0. The minimum Gasteiger partial charge on any atom is -0.282 e. The molecule has 0 radical (unpaired) electrons. The summed E-state index contributed by atoms with van der Waals surface area (Å²) in [4.78, 5) is 0. The first-order valence-corrected chi connectivity index (χ1v) is 9.46. The zero-order valence-electron chi connectivity index (χ0n) is 13.8. The second-order valence-corrected chi connectivity index (χ2v) is 7.45. The van der Waals surface area contributed by atoms with Crippen LogP contribution in [0.4, 0.5) is 0 Å². The summed E-state index contributed by atoms with van der Waals surface area (Å²) < 4.78 is 3.29. The molecule has 3 nitrogen and oxygen atoms in total. The van der Waals surface area contributed by atoms with Gasteiger partial charge in [0.15, 0.2) is 11.5 Å². The van der Waals surface area contributed by atoms with E-state index in [2.05, 4.69) is 104 Å². The lowest BCUT2D eigenvalue weighted by Gasteiger charge is -2.05. The van der Waals surface area contributed by atoms with Gasteiger partial charge < -0.3 is 0 Å². The lowest BCUT2D eigenvalue weighted by molar-refractivity contribution is 1.11. The van der Waals surface area contributed by atoms with Crippen molar-refractivity contribution >= 4 is 39.0 Å². The Labute approximate surface area is 164 Å².